The molecule has 0 aliphatic carbocycles. The van der Waals surface area contributed by atoms with Crippen LogP contribution in [0.15, 0.2) is 48.5 Å². The molecule has 0 saturated heterocycles. The van der Waals surface area contributed by atoms with E-state index in [2.05, 4.69) is 53.4 Å². The number of para-hydroxylation sites is 1. The fraction of sp³-hybridized carbons (Fsp3) is 0.368. The Labute approximate surface area is 127 Å². The Morgan fingerprint density at radius 3 is 2.52 bits per heavy atom. The standard InChI is InChI=1S/C19H24N2/c20-15-18-10-2-1-7-16(18)12-14-21-13-6-5-9-17-8-3-4-11-19(17)21/h1-4,7-8,10-11H,5-6,9,12-15,20H2. The molecule has 2 aromatic rings. The molecule has 0 saturated carbocycles. The van der Waals surface area contributed by atoms with Crippen molar-refractivity contribution in [3.8, 4) is 0 Å². The van der Waals surface area contributed by atoms with Crippen LogP contribution in [0.5, 0.6) is 0 Å². The molecule has 1 aliphatic heterocycles. The van der Waals surface area contributed by atoms with Crippen molar-refractivity contribution in [2.24, 2.45) is 5.73 Å². The van der Waals surface area contributed by atoms with Crippen molar-refractivity contribution in [1.29, 1.82) is 0 Å². The van der Waals surface area contributed by atoms with Crippen molar-refractivity contribution in [3.63, 3.8) is 0 Å². The molecule has 110 valence electrons. The van der Waals surface area contributed by atoms with Crippen LogP contribution in [0.25, 0.3) is 0 Å². The molecule has 0 fully saturated rings. The van der Waals surface area contributed by atoms with Gasteiger partial charge in [-0.3, -0.25) is 0 Å². The Morgan fingerprint density at radius 2 is 1.67 bits per heavy atom. The molecule has 2 nitrogen and oxygen atoms in total. The lowest BCUT2D eigenvalue weighted by atomic mass is 10.0. The van der Waals surface area contributed by atoms with Crippen LogP contribution < -0.4 is 10.6 Å². The van der Waals surface area contributed by atoms with E-state index in [1.54, 1.807) is 0 Å². The second kappa shape index (κ2) is 6.77. The second-order valence-corrected chi connectivity index (χ2v) is 5.80. The smallest absolute Gasteiger partial charge is 0.0398 e. The van der Waals surface area contributed by atoms with Crippen LogP contribution in [0.3, 0.4) is 0 Å². The van der Waals surface area contributed by atoms with E-state index in [1.165, 1.54) is 48.2 Å². The summed E-state index contributed by atoms with van der Waals surface area (Å²) < 4.78 is 0. The third-order valence-corrected chi connectivity index (χ3v) is 4.45. The molecule has 0 unspecified atom stereocenters. The Bertz CT molecular complexity index is 592. The summed E-state index contributed by atoms with van der Waals surface area (Å²) in [6, 6.07) is 17.4. The minimum atomic E-state index is 0.632. The summed E-state index contributed by atoms with van der Waals surface area (Å²) in [5.74, 6) is 0. The topological polar surface area (TPSA) is 29.3 Å². The number of hydrogen-bond acceptors (Lipinski definition) is 2. The Balaban J connectivity index is 1.76. The summed E-state index contributed by atoms with van der Waals surface area (Å²) in [5, 5.41) is 0. The molecule has 0 amide bonds. The first kappa shape index (κ1) is 14.2. The van der Waals surface area contributed by atoms with Gasteiger partial charge < -0.3 is 10.6 Å². The minimum absolute atomic E-state index is 0.632. The lowest BCUT2D eigenvalue weighted by molar-refractivity contribution is 0.709. The highest BCUT2D eigenvalue weighted by Crippen LogP contribution is 2.26. The summed E-state index contributed by atoms with van der Waals surface area (Å²) in [6.45, 7) is 2.88. The van der Waals surface area contributed by atoms with Gasteiger partial charge in [-0.1, -0.05) is 42.5 Å². The van der Waals surface area contributed by atoms with Crippen molar-refractivity contribution in [2.75, 3.05) is 18.0 Å². The first-order valence-electron chi connectivity index (χ1n) is 7.98. The van der Waals surface area contributed by atoms with Gasteiger partial charge >= 0.3 is 0 Å². The fourth-order valence-corrected chi connectivity index (χ4v) is 3.26. The fourth-order valence-electron chi connectivity index (χ4n) is 3.26. The molecule has 21 heavy (non-hydrogen) atoms. The van der Waals surface area contributed by atoms with Crippen molar-refractivity contribution >= 4 is 5.69 Å². The number of nitrogens with zero attached hydrogens (tertiary/aromatic N) is 1. The zero-order valence-electron chi connectivity index (χ0n) is 12.6. The average molecular weight is 280 g/mol. The normalized spacial score (nSPS) is 14.6. The lowest BCUT2D eigenvalue weighted by Gasteiger charge is -2.25. The zero-order valence-corrected chi connectivity index (χ0v) is 12.6. The molecule has 2 N–H and O–H groups in total. The average Bonchev–Trinajstić information content (AvgIpc) is 2.75. The van der Waals surface area contributed by atoms with Gasteiger partial charge in [0, 0.05) is 25.3 Å². The highest BCUT2D eigenvalue weighted by atomic mass is 15.1. The van der Waals surface area contributed by atoms with Crippen molar-refractivity contribution in [1.82, 2.24) is 0 Å². The molecule has 3 rings (SSSR count). The first-order valence-corrected chi connectivity index (χ1v) is 7.98. The molecular weight excluding hydrogens is 256 g/mol. The van der Waals surface area contributed by atoms with Crippen LogP contribution in [0.4, 0.5) is 5.69 Å². The molecule has 0 bridgehead atoms. The highest BCUT2D eigenvalue weighted by molar-refractivity contribution is 5.54. The molecule has 0 aromatic heterocycles. The Kier molecular flexibility index (Phi) is 4.56. The SMILES string of the molecule is NCc1ccccc1CCN1CCCCc2ccccc21. The van der Waals surface area contributed by atoms with Gasteiger partial charge in [0.15, 0.2) is 0 Å². The number of nitrogens with two attached hydrogens (primary N) is 1. The van der Waals surface area contributed by atoms with Crippen LogP contribution in [-0.4, -0.2) is 13.1 Å². The van der Waals surface area contributed by atoms with Crippen LogP contribution in [0, 0.1) is 0 Å². The maximum atomic E-state index is 5.85. The van der Waals surface area contributed by atoms with Crippen molar-refractivity contribution < 1.29 is 0 Å². The van der Waals surface area contributed by atoms with Crippen LogP contribution in [-0.2, 0) is 19.4 Å². The molecule has 1 aliphatic rings. The largest absolute Gasteiger partial charge is 0.371 e. The van der Waals surface area contributed by atoms with Crippen LogP contribution >= 0.6 is 0 Å². The molecule has 0 atom stereocenters. The molecule has 0 spiro atoms. The molecule has 0 radical (unpaired) electrons. The van der Waals surface area contributed by atoms with Gasteiger partial charge in [-0.15, -0.1) is 0 Å². The maximum Gasteiger partial charge on any atom is 0.0398 e. The Morgan fingerprint density at radius 1 is 0.905 bits per heavy atom. The molecule has 2 heteroatoms. The van der Waals surface area contributed by atoms with Crippen LogP contribution in [0.1, 0.15) is 29.5 Å². The van der Waals surface area contributed by atoms with Crippen molar-refractivity contribution in [3.05, 3.63) is 65.2 Å². The van der Waals surface area contributed by atoms with Crippen molar-refractivity contribution in [2.45, 2.75) is 32.2 Å². The van der Waals surface area contributed by atoms with E-state index < -0.39 is 0 Å². The quantitative estimate of drug-likeness (QED) is 0.928. The summed E-state index contributed by atoms with van der Waals surface area (Å²) in [6.07, 6.45) is 4.87. The number of fused-ring (bicyclic) bond motifs is 1. The third kappa shape index (κ3) is 3.27. The summed E-state index contributed by atoms with van der Waals surface area (Å²) in [4.78, 5) is 2.55. The highest BCUT2D eigenvalue weighted by Gasteiger charge is 2.14. The molecule has 1 heterocycles. The summed E-state index contributed by atoms with van der Waals surface area (Å²) in [5.41, 5.74) is 11.4. The number of hydrogen-bond donors (Lipinski definition) is 1. The zero-order chi connectivity index (χ0) is 14.5. The summed E-state index contributed by atoms with van der Waals surface area (Å²) in [7, 11) is 0. The third-order valence-electron chi connectivity index (χ3n) is 4.45. The van der Waals surface area contributed by atoms with Gasteiger partial charge in [-0.2, -0.15) is 0 Å². The minimum Gasteiger partial charge on any atom is -0.371 e. The number of aryl methyl sites for hydroxylation is 1. The van der Waals surface area contributed by atoms with Gasteiger partial charge in [-0.25, -0.2) is 0 Å². The predicted octanol–water partition coefficient (Wildman–Crippen LogP) is 3.53. The second-order valence-electron chi connectivity index (χ2n) is 5.80. The lowest BCUT2D eigenvalue weighted by Crippen LogP contribution is -2.27. The molecular formula is C19H24N2. The maximum absolute atomic E-state index is 5.85. The monoisotopic (exact) mass is 280 g/mol. The van der Waals surface area contributed by atoms with E-state index in [0.29, 0.717) is 6.54 Å². The Hall–Kier alpha value is -1.80. The van der Waals surface area contributed by atoms with Gasteiger partial charge in [0.25, 0.3) is 0 Å². The number of benzene rings is 2. The van der Waals surface area contributed by atoms with E-state index in [-0.39, 0.29) is 0 Å². The van der Waals surface area contributed by atoms with E-state index in [0.717, 1.165) is 13.0 Å². The van der Waals surface area contributed by atoms with Crippen LogP contribution in [0.2, 0.25) is 0 Å². The van der Waals surface area contributed by atoms with Gasteiger partial charge in [0.1, 0.15) is 0 Å². The van der Waals surface area contributed by atoms with Gasteiger partial charge in [-0.05, 0) is 48.4 Å². The first-order chi connectivity index (χ1) is 10.4. The van der Waals surface area contributed by atoms with E-state index in [4.69, 9.17) is 5.73 Å². The number of anilines is 1. The predicted molar refractivity (Wildman–Crippen MR) is 89.6 cm³/mol. The molecule has 2 aromatic carbocycles. The van der Waals surface area contributed by atoms with E-state index in [1.807, 2.05) is 0 Å². The van der Waals surface area contributed by atoms with E-state index >= 15 is 0 Å². The number of rotatable bonds is 4. The summed E-state index contributed by atoms with van der Waals surface area (Å²) >= 11 is 0. The van der Waals surface area contributed by atoms with Gasteiger partial charge in [0.05, 0.1) is 0 Å². The van der Waals surface area contributed by atoms with E-state index in [9.17, 15) is 0 Å². The van der Waals surface area contributed by atoms with Gasteiger partial charge in [0.2, 0.25) is 0 Å².